The van der Waals surface area contributed by atoms with Crippen LogP contribution in [0.5, 0.6) is 0 Å². The monoisotopic (exact) mass is 422 g/mol. The maximum Gasteiger partial charge on any atom is 0.238 e. The average Bonchev–Trinajstić information content (AvgIpc) is 2.72. The zero-order valence-electron chi connectivity index (χ0n) is 16.1. The molecule has 0 aromatic heterocycles. The summed E-state index contributed by atoms with van der Waals surface area (Å²) in [6, 6.07) is 20.6. The largest absolute Gasteiger partial charge is 0.384 e. The van der Waals surface area contributed by atoms with E-state index in [2.05, 4.69) is 5.32 Å². The number of amidine groups is 1. The van der Waals surface area contributed by atoms with Gasteiger partial charge < -0.3 is 11.1 Å². The fraction of sp³-hybridized carbons (Fsp3) is 0.0909. The number of aryl methyl sites for hydroxylation is 1. The third-order valence-corrected chi connectivity index (χ3v) is 5.52. The molecule has 30 heavy (non-hydrogen) atoms. The minimum Gasteiger partial charge on any atom is -0.384 e. The van der Waals surface area contributed by atoms with Crippen molar-refractivity contribution in [2.24, 2.45) is 10.9 Å². The van der Waals surface area contributed by atoms with Crippen LogP contribution >= 0.6 is 0 Å². The van der Waals surface area contributed by atoms with Crippen molar-refractivity contribution in [1.82, 2.24) is 0 Å². The molecule has 7 nitrogen and oxygen atoms in total. The Kier molecular flexibility index (Phi) is 6.29. The molecular weight excluding hydrogens is 400 g/mol. The van der Waals surface area contributed by atoms with Crippen LogP contribution in [0.2, 0.25) is 0 Å². The first-order valence-corrected chi connectivity index (χ1v) is 10.7. The van der Waals surface area contributed by atoms with Gasteiger partial charge in [0.1, 0.15) is 5.84 Å². The Bertz CT molecular complexity index is 1190. The van der Waals surface area contributed by atoms with E-state index in [4.69, 9.17) is 16.3 Å². The number of carbonyl (C=O) groups excluding carboxylic acids is 1. The summed E-state index contributed by atoms with van der Waals surface area (Å²) in [5.41, 5.74) is 8.83. The van der Waals surface area contributed by atoms with Crippen LogP contribution in [0.4, 0.5) is 5.69 Å². The highest BCUT2D eigenvalue weighted by Crippen LogP contribution is 2.27. The minimum absolute atomic E-state index is 0.00889. The molecule has 3 rings (SSSR count). The molecule has 0 aliphatic carbocycles. The van der Waals surface area contributed by atoms with E-state index in [1.54, 1.807) is 54.6 Å². The first-order chi connectivity index (χ1) is 14.2. The van der Waals surface area contributed by atoms with Gasteiger partial charge in [0.05, 0.1) is 4.90 Å². The summed E-state index contributed by atoms with van der Waals surface area (Å²) in [5, 5.41) is 15.6. The van der Waals surface area contributed by atoms with Crippen molar-refractivity contribution in [3.05, 3.63) is 83.9 Å². The highest BCUT2D eigenvalue weighted by atomic mass is 32.2. The van der Waals surface area contributed by atoms with Crippen LogP contribution in [0, 0.1) is 5.41 Å². The van der Waals surface area contributed by atoms with Crippen molar-refractivity contribution in [3.63, 3.8) is 0 Å². The number of nitrogens with two attached hydrogens (primary N) is 2. The minimum atomic E-state index is -3.84. The zero-order chi connectivity index (χ0) is 21.7. The number of amides is 1. The van der Waals surface area contributed by atoms with Crippen molar-refractivity contribution in [2.45, 2.75) is 17.7 Å². The van der Waals surface area contributed by atoms with Gasteiger partial charge >= 0.3 is 0 Å². The van der Waals surface area contributed by atoms with Crippen LogP contribution in [-0.4, -0.2) is 20.2 Å². The molecule has 3 aromatic carbocycles. The van der Waals surface area contributed by atoms with Crippen LogP contribution in [0.15, 0.2) is 77.7 Å². The van der Waals surface area contributed by atoms with Gasteiger partial charge in [0, 0.05) is 23.2 Å². The lowest BCUT2D eigenvalue weighted by Gasteiger charge is -2.10. The lowest BCUT2D eigenvalue weighted by molar-refractivity contribution is -0.116. The number of anilines is 1. The van der Waals surface area contributed by atoms with Crippen molar-refractivity contribution >= 4 is 27.5 Å². The number of rotatable bonds is 7. The predicted molar refractivity (Wildman–Crippen MR) is 118 cm³/mol. The lowest BCUT2D eigenvalue weighted by Crippen LogP contribution is -2.14. The van der Waals surface area contributed by atoms with E-state index in [9.17, 15) is 13.2 Å². The second kappa shape index (κ2) is 8.89. The van der Waals surface area contributed by atoms with Crippen molar-refractivity contribution in [3.8, 4) is 11.1 Å². The number of nitrogen functional groups attached to an aromatic ring is 1. The molecule has 8 heteroatoms. The molecule has 0 atom stereocenters. The van der Waals surface area contributed by atoms with Crippen LogP contribution < -0.4 is 16.2 Å². The highest BCUT2D eigenvalue weighted by molar-refractivity contribution is 7.89. The van der Waals surface area contributed by atoms with Crippen molar-refractivity contribution in [2.75, 3.05) is 5.32 Å². The molecule has 0 spiro atoms. The average molecular weight is 423 g/mol. The maximum absolute atomic E-state index is 12.3. The molecule has 6 N–H and O–H groups in total. The maximum atomic E-state index is 12.3. The number of hydrogen-bond acceptors (Lipinski definition) is 4. The molecule has 0 unspecified atom stereocenters. The molecule has 0 aliphatic rings. The van der Waals surface area contributed by atoms with Gasteiger partial charge in [-0.15, -0.1) is 0 Å². The standard InChI is InChI=1S/C22H22N4O3S/c23-22(24)17-5-3-4-15(14-17)8-13-21(27)26-18-11-9-16(10-12-18)19-6-1-2-7-20(19)30(25,28)29/h1-7,9-12,14H,8,13H2,(H3,23,24)(H,26,27)(H2,25,28,29). The van der Waals surface area contributed by atoms with Gasteiger partial charge in [-0.05, 0) is 41.8 Å². The van der Waals surface area contributed by atoms with E-state index < -0.39 is 10.0 Å². The highest BCUT2D eigenvalue weighted by Gasteiger charge is 2.14. The van der Waals surface area contributed by atoms with Crippen LogP contribution in [0.25, 0.3) is 11.1 Å². The van der Waals surface area contributed by atoms with Crippen LogP contribution in [0.1, 0.15) is 17.5 Å². The Hall–Kier alpha value is -3.49. The van der Waals surface area contributed by atoms with Gasteiger partial charge in [-0.3, -0.25) is 10.2 Å². The van der Waals surface area contributed by atoms with Gasteiger partial charge in [0.2, 0.25) is 15.9 Å². The van der Waals surface area contributed by atoms with E-state index in [0.717, 1.165) is 5.56 Å². The van der Waals surface area contributed by atoms with Crippen LogP contribution in [-0.2, 0) is 21.2 Å². The SMILES string of the molecule is N=C(N)c1cccc(CCC(=O)Nc2ccc(-c3ccccc3S(N)(=O)=O)cc2)c1. The molecule has 0 fully saturated rings. The Balaban J connectivity index is 1.66. The molecule has 0 bridgehead atoms. The van der Waals surface area contributed by atoms with Gasteiger partial charge in [0.15, 0.2) is 0 Å². The summed E-state index contributed by atoms with van der Waals surface area (Å²) in [6.07, 6.45) is 0.796. The Morgan fingerprint density at radius 3 is 2.33 bits per heavy atom. The summed E-state index contributed by atoms with van der Waals surface area (Å²) in [4.78, 5) is 12.3. The topological polar surface area (TPSA) is 139 Å². The summed E-state index contributed by atoms with van der Waals surface area (Å²) in [7, 11) is -3.84. The summed E-state index contributed by atoms with van der Waals surface area (Å²) >= 11 is 0. The third kappa shape index (κ3) is 5.31. The first-order valence-electron chi connectivity index (χ1n) is 9.19. The first kappa shape index (κ1) is 21.2. The molecule has 0 radical (unpaired) electrons. The summed E-state index contributed by atoms with van der Waals surface area (Å²) in [6.45, 7) is 0. The molecule has 0 saturated heterocycles. The van der Waals surface area contributed by atoms with Gasteiger partial charge in [-0.1, -0.05) is 48.5 Å². The summed E-state index contributed by atoms with van der Waals surface area (Å²) in [5.74, 6) is -0.161. The molecular formula is C22H22N4O3S. The fourth-order valence-electron chi connectivity index (χ4n) is 3.06. The zero-order valence-corrected chi connectivity index (χ0v) is 16.9. The number of nitrogens with one attached hydrogen (secondary N) is 2. The van der Waals surface area contributed by atoms with E-state index in [1.807, 2.05) is 12.1 Å². The Morgan fingerprint density at radius 2 is 1.67 bits per heavy atom. The molecule has 0 saturated carbocycles. The Labute approximate surface area is 175 Å². The third-order valence-electron chi connectivity index (χ3n) is 4.55. The van der Waals surface area contributed by atoms with Crippen molar-refractivity contribution < 1.29 is 13.2 Å². The number of carbonyl (C=O) groups is 1. The fourth-order valence-corrected chi connectivity index (χ4v) is 3.82. The number of benzene rings is 3. The number of sulfonamides is 1. The van der Waals surface area contributed by atoms with E-state index >= 15 is 0 Å². The quantitative estimate of drug-likeness (QED) is 0.343. The van der Waals surface area contributed by atoms with Gasteiger partial charge in [-0.25, -0.2) is 13.6 Å². The molecule has 0 aliphatic heterocycles. The second-order valence-electron chi connectivity index (χ2n) is 6.78. The smallest absolute Gasteiger partial charge is 0.238 e. The van der Waals surface area contributed by atoms with Crippen LogP contribution in [0.3, 0.4) is 0 Å². The number of primary sulfonamides is 1. The normalized spacial score (nSPS) is 11.1. The lowest BCUT2D eigenvalue weighted by atomic mass is 10.0. The van der Waals surface area contributed by atoms with E-state index in [0.29, 0.717) is 28.8 Å². The Morgan fingerprint density at radius 1 is 0.967 bits per heavy atom. The van der Waals surface area contributed by atoms with E-state index in [1.165, 1.54) is 6.07 Å². The van der Waals surface area contributed by atoms with E-state index in [-0.39, 0.29) is 23.1 Å². The summed E-state index contributed by atoms with van der Waals surface area (Å²) < 4.78 is 23.6. The van der Waals surface area contributed by atoms with Gasteiger partial charge in [-0.2, -0.15) is 0 Å². The number of hydrogen-bond donors (Lipinski definition) is 4. The second-order valence-corrected chi connectivity index (χ2v) is 8.31. The van der Waals surface area contributed by atoms with Crippen molar-refractivity contribution in [1.29, 1.82) is 5.41 Å². The predicted octanol–water partition coefficient (Wildman–Crippen LogP) is 2.86. The molecule has 3 aromatic rings. The molecule has 154 valence electrons. The molecule has 0 heterocycles. The molecule has 1 amide bonds. The van der Waals surface area contributed by atoms with Gasteiger partial charge in [0.25, 0.3) is 0 Å².